The normalized spacial score (nSPS) is 16.4. The van der Waals surface area contributed by atoms with Gasteiger partial charge in [0.25, 0.3) is 11.5 Å². The summed E-state index contributed by atoms with van der Waals surface area (Å²) >= 11 is 0. The number of fused-ring (bicyclic) bond motifs is 1. The van der Waals surface area contributed by atoms with Gasteiger partial charge in [-0.05, 0) is 18.9 Å². The van der Waals surface area contributed by atoms with Gasteiger partial charge in [0, 0.05) is 18.8 Å². The molecule has 1 amide bonds. The van der Waals surface area contributed by atoms with E-state index < -0.39 is 5.91 Å². The summed E-state index contributed by atoms with van der Waals surface area (Å²) in [6.45, 7) is 2.55. The Bertz CT molecular complexity index is 824. The molecule has 2 aromatic rings. The standard InChI is InChI=1S/C17H18N4O2/c1-11-7-8-14(19-9-12-5-3-2-4-6-12)16-20-10-13(15(18)22)17(23)21(11)16/h2-6,8,10-11,19H,7,9H2,1H3,(H2,18,22). The second-order valence-corrected chi connectivity index (χ2v) is 5.58. The zero-order valence-corrected chi connectivity index (χ0v) is 12.8. The maximum absolute atomic E-state index is 12.5. The monoisotopic (exact) mass is 310 g/mol. The van der Waals surface area contributed by atoms with Crippen LogP contribution in [0.2, 0.25) is 0 Å². The maximum Gasteiger partial charge on any atom is 0.266 e. The average Bonchev–Trinajstić information content (AvgIpc) is 2.55. The van der Waals surface area contributed by atoms with Crippen molar-refractivity contribution in [1.29, 1.82) is 0 Å². The van der Waals surface area contributed by atoms with Crippen molar-refractivity contribution >= 4 is 11.6 Å². The third-order valence-electron chi connectivity index (χ3n) is 3.93. The van der Waals surface area contributed by atoms with Crippen LogP contribution in [0.3, 0.4) is 0 Å². The Morgan fingerprint density at radius 3 is 2.83 bits per heavy atom. The van der Waals surface area contributed by atoms with Crippen molar-refractivity contribution in [2.75, 3.05) is 0 Å². The fourth-order valence-corrected chi connectivity index (χ4v) is 2.68. The van der Waals surface area contributed by atoms with Crippen LogP contribution in [0.1, 0.15) is 41.1 Å². The van der Waals surface area contributed by atoms with E-state index in [1.807, 2.05) is 43.3 Å². The lowest BCUT2D eigenvalue weighted by molar-refractivity contribution is 0.0997. The van der Waals surface area contributed by atoms with Crippen molar-refractivity contribution in [3.63, 3.8) is 0 Å². The predicted octanol–water partition coefficient (Wildman–Crippen LogP) is 1.44. The molecule has 118 valence electrons. The van der Waals surface area contributed by atoms with E-state index >= 15 is 0 Å². The lowest BCUT2D eigenvalue weighted by Gasteiger charge is -2.25. The zero-order valence-electron chi connectivity index (χ0n) is 12.8. The van der Waals surface area contributed by atoms with Crippen molar-refractivity contribution in [3.8, 4) is 0 Å². The molecule has 2 heterocycles. The summed E-state index contributed by atoms with van der Waals surface area (Å²) in [6, 6.07) is 9.90. The second kappa shape index (κ2) is 6.08. The Labute approximate surface area is 133 Å². The third kappa shape index (κ3) is 2.88. The molecule has 0 radical (unpaired) electrons. The van der Waals surface area contributed by atoms with Crippen LogP contribution < -0.4 is 16.6 Å². The number of rotatable bonds is 4. The van der Waals surface area contributed by atoms with Gasteiger partial charge in [-0.1, -0.05) is 36.4 Å². The van der Waals surface area contributed by atoms with Crippen LogP contribution in [-0.2, 0) is 6.54 Å². The zero-order chi connectivity index (χ0) is 16.4. The van der Waals surface area contributed by atoms with E-state index in [0.717, 1.165) is 11.3 Å². The molecule has 3 N–H and O–H groups in total. The second-order valence-electron chi connectivity index (χ2n) is 5.58. The van der Waals surface area contributed by atoms with Crippen LogP contribution in [-0.4, -0.2) is 15.5 Å². The number of primary amides is 1. The third-order valence-corrected chi connectivity index (χ3v) is 3.93. The number of nitrogens with zero attached hydrogens (tertiary/aromatic N) is 2. The Morgan fingerprint density at radius 1 is 1.39 bits per heavy atom. The highest BCUT2D eigenvalue weighted by atomic mass is 16.2. The van der Waals surface area contributed by atoms with Crippen LogP contribution >= 0.6 is 0 Å². The summed E-state index contributed by atoms with van der Waals surface area (Å²) in [5.41, 5.74) is 6.70. The number of carbonyl (C=O) groups excluding carboxylic acids is 1. The summed E-state index contributed by atoms with van der Waals surface area (Å²) in [7, 11) is 0. The Kier molecular flexibility index (Phi) is 3.97. The van der Waals surface area contributed by atoms with Crippen LogP contribution in [0.5, 0.6) is 0 Å². The fourth-order valence-electron chi connectivity index (χ4n) is 2.68. The van der Waals surface area contributed by atoms with Gasteiger partial charge in [0.05, 0.1) is 5.70 Å². The number of hydrogen-bond donors (Lipinski definition) is 2. The molecular formula is C17H18N4O2. The smallest absolute Gasteiger partial charge is 0.266 e. The molecule has 1 unspecified atom stereocenters. The number of hydrogen-bond acceptors (Lipinski definition) is 4. The van der Waals surface area contributed by atoms with Gasteiger partial charge in [0.2, 0.25) is 0 Å². The molecule has 0 saturated heterocycles. The molecule has 1 aromatic heterocycles. The molecule has 1 aliphatic heterocycles. The minimum Gasteiger partial charge on any atom is -0.378 e. The van der Waals surface area contributed by atoms with Crippen LogP contribution in [0, 0.1) is 0 Å². The average molecular weight is 310 g/mol. The molecule has 1 aliphatic rings. The van der Waals surface area contributed by atoms with E-state index in [9.17, 15) is 9.59 Å². The SMILES string of the molecule is CC1CC=C(NCc2ccccc2)c2ncc(C(N)=O)c(=O)n21. The molecule has 1 atom stereocenters. The van der Waals surface area contributed by atoms with Crippen molar-refractivity contribution in [1.82, 2.24) is 14.9 Å². The molecule has 0 bridgehead atoms. The van der Waals surface area contributed by atoms with E-state index in [2.05, 4.69) is 10.3 Å². The van der Waals surface area contributed by atoms with Crippen LogP contribution in [0.15, 0.2) is 47.4 Å². The number of aromatic nitrogens is 2. The summed E-state index contributed by atoms with van der Waals surface area (Å²) in [5, 5.41) is 3.31. The minimum atomic E-state index is -0.752. The Balaban J connectivity index is 1.93. The molecule has 0 spiro atoms. The van der Waals surface area contributed by atoms with Crippen molar-refractivity contribution in [2.45, 2.75) is 25.9 Å². The first-order valence-electron chi connectivity index (χ1n) is 7.47. The van der Waals surface area contributed by atoms with Crippen molar-refractivity contribution in [3.05, 3.63) is 69.9 Å². The highest BCUT2D eigenvalue weighted by molar-refractivity contribution is 5.92. The van der Waals surface area contributed by atoms with Crippen LogP contribution in [0.4, 0.5) is 0 Å². The molecule has 0 fully saturated rings. The lowest BCUT2D eigenvalue weighted by Crippen LogP contribution is -2.36. The van der Waals surface area contributed by atoms with E-state index in [1.165, 1.54) is 10.8 Å². The summed E-state index contributed by atoms with van der Waals surface area (Å²) in [6.07, 6.45) is 3.97. The quantitative estimate of drug-likeness (QED) is 0.894. The number of carbonyl (C=O) groups is 1. The maximum atomic E-state index is 12.5. The van der Waals surface area contributed by atoms with Crippen molar-refractivity contribution in [2.24, 2.45) is 5.73 Å². The van der Waals surface area contributed by atoms with Gasteiger partial charge in [0.1, 0.15) is 5.56 Å². The number of benzene rings is 1. The molecule has 6 heteroatoms. The van der Waals surface area contributed by atoms with Gasteiger partial charge in [-0.15, -0.1) is 0 Å². The lowest BCUT2D eigenvalue weighted by atomic mass is 10.1. The number of nitrogens with two attached hydrogens (primary N) is 1. The highest BCUT2D eigenvalue weighted by Gasteiger charge is 2.23. The summed E-state index contributed by atoms with van der Waals surface area (Å²) < 4.78 is 1.54. The summed E-state index contributed by atoms with van der Waals surface area (Å²) in [5.74, 6) is -0.215. The Hall–Kier alpha value is -2.89. The first kappa shape index (κ1) is 15.0. The van der Waals surface area contributed by atoms with E-state index in [4.69, 9.17) is 5.73 Å². The fraction of sp³-hybridized carbons (Fsp3) is 0.235. The molecule has 0 saturated carbocycles. The van der Waals surface area contributed by atoms with Gasteiger partial charge < -0.3 is 11.1 Å². The molecule has 6 nitrogen and oxygen atoms in total. The molecular weight excluding hydrogens is 292 g/mol. The molecule has 0 aliphatic carbocycles. The molecule has 3 rings (SSSR count). The number of allylic oxidation sites excluding steroid dienone is 1. The van der Waals surface area contributed by atoms with E-state index in [0.29, 0.717) is 18.8 Å². The van der Waals surface area contributed by atoms with Gasteiger partial charge >= 0.3 is 0 Å². The summed E-state index contributed by atoms with van der Waals surface area (Å²) in [4.78, 5) is 28.1. The number of amides is 1. The minimum absolute atomic E-state index is 0.0634. The van der Waals surface area contributed by atoms with Gasteiger partial charge in [-0.3, -0.25) is 14.2 Å². The highest BCUT2D eigenvalue weighted by Crippen LogP contribution is 2.23. The van der Waals surface area contributed by atoms with Gasteiger partial charge in [0.15, 0.2) is 5.82 Å². The predicted molar refractivity (Wildman–Crippen MR) is 87.6 cm³/mol. The van der Waals surface area contributed by atoms with Gasteiger partial charge in [-0.2, -0.15) is 0 Å². The topological polar surface area (TPSA) is 90.0 Å². The van der Waals surface area contributed by atoms with Crippen LogP contribution in [0.25, 0.3) is 5.70 Å². The van der Waals surface area contributed by atoms with Gasteiger partial charge in [-0.25, -0.2) is 4.98 Å². The van der Waals surface area contributed by atoms with E-state index in [1.54, 1.807) is 0 Å². The van der Waals surface area contributed by atoms with Crippen molar-refractivity contribution < 1.29 is 4.79 Å². The van der Waals surface area contributed by atoms with E-state index in [-0.39, 0.29) is 17.2 Å². The number of nitrogens with one attached hydrogen (secondary N) is 1. The first-order chi connectivity index (χ1) is 11.1. The first-order valence-corrected chi connectivity index (χ1v) is 7.47. The largest absolute Gasteiger partial charge is 0.378 e. The molecule has 23 heavy (non-hydrogen) atoms. The Morgan fingerprint density at radius 2 is 2.13 bits per heavy atom. The molecule has 1 aromatic carbocycles.